The Hall–Kier alpha value is -3.69. The lowest BCUT2D eigenvalue weighted by Gasteiger charge is -2.40. The molecule has 0 saturated carbocycles. The van der Waals surface area contributed by atoms with Gasteiger partial charge in [-0.3, -0.25) is 19.5 Å². The number of amides is 4. The highest BCUT2D eigenvalue weighted by atomic mass is 16.2. The van der Waals surface area contributed by atoms with E-state index in [2.05, 4.69) is 26.7 Å². The summed E-state index contributed by atoms with van der Waals surface area (Å²) >= 11 is 0. The number of piperidine rings is 1. The first-order chi connectivity index (χ1) is 16.5. The van der Waals surface area contributed by atoms with Crippen LogP contribution < -0.4 is 5.32 Å². The number of urea groups is 1. The van der Waals surface area contributed by atoms with Gasteiger partial charge in [-0.25, -0.2) is 9.78 Å². The van der Waals surface area contributed by atoms with Gasteiger partial charge in [0, 0.05) is 45.1 Å². The molecule has 1 N–H and O–H groups in total. The Morgan fingerprint density at radius 1 is 1.06 bits per heavy atom. The minimum absolute atomic E-state index is 0.135. The third-order valence-electron chi connectivity index (χ3n) is 7.49. The first kappa shape index (κ1) is 20.9. The standard InChI is InChI=1S/C24H27N7O3/c1-16-14-26-19(20-25-8-11-30(16)20)28-9-6-24(7-10-28)15-29(23(34)27-24)12-13-31-21(32)17-4-2-3-5-18(17)22(31)33/h2-5,8,11,16H,6-7,9-10,12-15H2,1H3,(H,27,34). The molecule has 2 aromatic rings. The second-order valence-electron chi connectivity index (χ2n) is 9.60. The average molecular weight is 462 g/mol. The molecule has 1 aromatic heterocycles. The fourth-order valence-electron chi connectivity index (χ4n) is 5.52. The Labute approximate surface area is 197 Å². The third kappa shape index (κ3) is 3.19. The Morgan fingerprint density at radius 2 is 1.76 bits per heavy atom. The second kappa shape index (κ2) is 7.68. The Bertz CT molecular complexity index is 1180. The molecule has 0 aliphatic carbocycles. The average Bonchev–Trinajstić information content (AvgIpc) is 3.51. The number of carbonyl (C=O) groups is 3. The van der Waals surface area contributed by atoms with Crippen molar-refractivity contribution in [2.24, 2.45) is 4.99 Å². The first-order valence-electron chi connectivity index (χ1n) is 11.8. The number of benzene rings is 1. The number of likely N-dealkylation sites (tertiary alicyclic amines) is 1. The minimum atomic E-state index is -0.298. The number of hydrogen-bond donors (Lipinski definition) is 1. The van der Waals surface area contributed by atoms with Gasteiger partial charge in [0.1, 0.15) is 0 Å². The number of imidazole rings is 1. The van der Waals surface area contributed by atoms with Gasteiger partial charge >= 0.3 is 6.03 Å². The van der Waals surface area contributed by atoms with E-state index in [0.717, 1.165) is 44.1 Å². The molecule has 10 nitrogen and oxygen atoms in total. The lowest BCUT2D eigenvalue weighted by Crippen LogP contribution is -2.54. The second-order valence-corrected chi connectivity index (χ2v) is 9.60. The van der Waals surface area contributed by atoms with E-state index < -0.39 is 0 Å². The summed E-state index contributed by atoms with van der Waals surface area (Å²) < 4.78 is 2.17. The number of aliphatic imine (C=N–C) groups is 1. The molecule has 0 radical (unpaired) electrons. The van der Waals surface area contributed by atoms with E-state index in [1.54, 1.807) is 29.2 Å². The minimum Gasteiger partial charge on any atom is -0.354 e. The highest BCUT2D eigenvalue weighted by molar-refractivity contribution is 6.21. The Kier molecular flexibility index (Phi) is 4.72. The number of fused-ring (bicyclic) bond motifs is 2. The van der Waals surface area contributed by atoms with Gasteiger partial charge < -0.3 is 19.7 Å². The summed E-state index contributed by atoms with van der Waals surface area (Å²) in [7, 11) is 0. The highest BCUT2D eigenvalue weighted by Crippen LogP contribution is 2.30. The number of amidine groups is 1. The van der Waals surface area contributed by atoms with Crippen molar-refractivity contribution in [3.8, 4) is 0 Å². The summed E-state index contributed by atoms with van der Waals surface area (Å²) in [4.78, 5) is 52.6. The van der Waals surface area contributed by atoms with Gasteiger partial charge in [0.15, 0.2) is 11.7 Å². The van der Waals surface area contributed by atoms with Crippen molar-refractivity contribution in [2.75, 3.05) is 39.3 Å². The van der Waals surface area contributed by atoms with Gasteiger partial charge in [0.05, 0.1) is 29.3 Å². The molecule has 4 amide bonds. The lowest BCUT2D eigenvalue weighted by molar-refractivity contribution is 0.0642. The van der Waals surface area contributed by atoms with Crippen LogP contribution in [-0.2, 0) is 0 Å². The van der Waals surface area contributed by atoms with Crippen LogP contribution in [0.25, 0.3) is 0 Å². The van der Waals surface area contributed by atoms with E-state index in [1.807, 2.05) is 12.4 Å². The zero-order valence-corrected chi connectivity index (χ0v) is 19.1. The van der Waals surface area contributed by atoms with Gasteiger partial charge in [-0.15, -0.1) is 0 Å². The van der Waals surface area contributed by atoms with Crippen LogP contribution in [0, 0.1) is 0 Å². The molecule has 0 bridgehead atoms. The topological polar surface area (TPSA) is 103 Å². The number of imide groups is 1. The normalized spacial score (nSPS) is 23.3. The van der Waals surface area contributed by atoms with Gasteiger partial charge in [-0.1, -0.05) is 12.1 Å². The highest BCUT2D eigenvalue weighted by Gasteiger charge is 2.45. The van der Waals surface area contributed by atoms with Crippen molar-refractivity contribution in [1.29, 1.82) is 0 Å². The van der Waals surface area contributed by atoms with Crippen LogP contribution in [0.15, 0.2) is 41.7 Å². The summed E-state index contributed by atoms with van der Waals surface area (Å²) in [6.07, 6.45) is 5.43. The molecule has 2 saturated heterocycles. The maximum atomic E-state index is 12.8. The van der Waals surface area contributed by atoms with E-state index >= 15 is 0 Å². The van der Waals surface area contributed by atoms with Crippen molar-refractivity contribution in [3.63, 3.8) is 0 Å². The number of aromatic nitrogens is 2. The maximum absolute atomic E-state index is 12.8. The van der Waals surface area contributed by atoms with E-state index in [1.165, 1.54) is 4.90 Å². The van der Waals surface area contributed by atoms with Gasteiger partial charge in [0.2, 0.25) is 0 Å². The molecule has 1 unspecified atom stereocenters. The molecule has 2 fully saturated rings. The summed E-state index contributed by atoms with van der Waals surface area (Å²) in [5, 5.41) is 3.19. The van der Waals surface area contributed by atoms with Crippen LogP contribution in [0.5, 0.6) is 0 Å². The van der Waals surface area contributed by atoms with Crippen molar-refractivity contribution >= 4 is 23.7 Å². The largest absolute Gasteiger partial charge is 0.354 e. The SMILES string of the molecule is CC1CN=C(N2CCC3(CC2)CN(CCN2C(=O)c4ccccc4C2=O)C(=O)N3)c2nccn21. The molecule has 1 atom stereocenters. The predicted octanol–water partition coefficient (Wildman–Crippen LogP) is 1.36. The number of nitrogens with zero attached hydrogens (tertiary/aromatic N) is 6. The summed E-state index contributed by atoms with van der Waals surface area (Å²) in [6.45, 7) is 5.54. The summed E-state index contributed by atoms with van der Waals surface area (Å²) in [5.74, 6) is 1.27. The molecule has 5 heterocycles. The monoisotopic (exact) mass is 461 g/mol. The Balaban J connectivity index is 1.08. The molecule has 1 spiro atoms. The van der Waals surface area contributed by atoms with Gasteiger partial charge in [-0.2, -0.15) is 0 Å². The lowest BCUT2D eigenvalue weighted by atomic mass is 9.88. The molecular weight excluding hydrogens is 434 g/mol. The van der Waals surface area contributed by atoms with E-state index in [9.17, 15) is 14.4 Å². The van der Waals surface area contributed by atoms with Crippen molar-refractivity contribution in [1.82, 2.24) is 29.6 Å². The fourth-order valence-corrected chi connectivity index (χ4v) is 5.52. The van der Waals surface area contributed by atoms with Crippen LogP contribution in [0.3, 0.4) is 0 Å². The van der Waals surface area contributed by atoms with Gasteiger partial charge in [-0.05, 0) is 31.9 Å². The van der Waals surface area contributed by atoms with Crippen LogP contribution in [0.1, 0.15) is 52.3 Å². The summed E-state index contributed by atoms with van der Waals surface area (Å²) in [6, 6.07) is 7.02. The maximum Gasteiger partial charge on any atom is 0.318 e. The number of hydrogen-bond acceptors (Lipinski definition) is 6. The van der Waals surface area contributed by atoms with E-state index in [-0.39, 0.29) is 29.9 Å². The summed E-state index contributed by atoms with van der Waals surface area (Å²) in [5.41, 5.74) is 0.568. The zero-order valence-electron chi connectivity index (χ0n) is 19.1. The number of nitrogens with one attached hydrogen (secondary N) is 1. The zero-order chi connectivity index (χ0) is 23.4. The van der Waals surface area contributed by atoms with Crippen molar-refractivity contribution < 1.29 is 14.4 Å². The molecule has 4 aliphatic rings. The quantitative estimate of drug-likeness (QED) is 0.696. The fraction of sp³-hybridized carbons (Fsp3) is 0.458. The van der Waals surface area contributed by atoms with E-state index in [4.69, 9.17) is 4.99 Å². The first-order valence-corrected chi connectivity index (χ1v) is 11.8. The van der Waals surface area contributed by atoms with Crippen LogP contribution >= 0.6 is 0 Å². The molecule has 34 heavy (non-hydrogen) atoms. The molecule has 10 heteroatoms. The molecular formula is C24H27N7O3. The van der Waals surface area contributed by atoms with Crippen LogP contribution in [0.2, 0.25) is 0 Å². The number of carbonyl (C=O) groups excluding carboxylic acids is 3. The van der Waals surface area contributed by atoms with Crippen molar-refractivity contribution in [3.05, 3.63) is 53.6 Å². The Morgan fingerprint density at radius 3 is 2.47 bits per heavy atom. The predicted molar refractivity (Wildman–Crippen MR) is 124 cm³/mol. The molecule has 1 aromatic carbocycles. The third-order valence-corrected chi connectivity index (χ3v) is 7.49. The van der Waals surface area contributed by atoms with Crippen molar-refractivity contribution in [2.45, 2.75) is 31.3 Å². The smallest absolute Gasteiger partial charge is 0.318 e. The van der Waals surface area contributed by atoms with Gasteiger partial charge in [0.25, 0.3) is 11.8 Å². The van der Waals surface area contributed by atoms with Crippen LogP contribution in [-0.4, -0.2) is 92.7 Å². The molecule has 6 rings (SSSR count). The van der Waals surface area contributed by atoms with E-state index in [0.29, 0.717) is 30.3 Å². The number of rotatable bonds is 3. The van der Waals surface area contributed by atoms with Crippen LogP contribution in [0.4, 0.5) is 4.79 Å². The molecule has 176 valence electrons. The molecule has 4 aliphatic heterocycles.